The van der Waals surface area contributed by atoms with Crippen LogP contribution < -0.4 is 31.8 Å². The van der Waals surface area contributed by atoms with Crippen molar-refractivity contribution in [2.24, 2.45) is 17.1 Å². The van der Waals surface area contributed by atoms with Crippen LogP contribution in [-0.2, 0) is 4.79 Å². The largest absolute Gasteiger partial charge is 0.488 e. The number of nitrogens with one attached hydrogen (secondary N) is 4. The number of nitrogens with two attached hydrogens (primary N) is 1. The van der Waals surface area contributed by atoms with E-state index >= 15 is 0 Å². The van der Waals surface area contributed by atoms with Gasteiger partial charge in [-0.3, -0.25) is 15.1 Å². The Morgan fingerprint density at radius 1 is 1.17 bits per heavy atom. The molecule has 9 nitrogen and oxygen atoms in total. The first kappa shape index (κ1) is 25.2. The molecule has 4 fully saturated rings. The van der Waals surface area contributed by atoms with Crippen LogP contribution >= 0.6 is 11.6 Å². The number of piperidine rings is 1. The van der Waals surface area contributed by atoms with Crippen LogP contribution in [0, 0.1) is 11.3 Å². The predicted molar refractivity (Wildman–Crippen MR) is 137 cm³/mol. The number of amides is 1. The molecular weight excluding hydrogens is 466 g/mol. The van der Waals surface area contributed by atoms with Gasteiger partial charge in [0.2, 0.25) is 5.91 Å². The number of pyridine rings is 1. The molecule has 35 heavy (non-hydrogen) atoms. The lowest BCUT2D eigenvalue weighted by Crippen LogP contribution is -2.65. The van der Waals surface area contributed by atoms with Gasteiger partial charge in [0.25, 0.3) is 0 Å². The number of ether oxygens (including phenoxy) is 1. The molecule has 0 aromatic carbocycles. The lowest BCUT2D eigenvalue weighted by molar-refractivity contribution is -0.133. The third kappa shape index (κ3) is 5.17. The molecular formula is C25H40ClN7O2. The van der Waals surface area contributed by atoms with Crippen molar-refractivity contribution in [3.8, 4) is 5.75 Å². The van der Waals surface area contributed by atoms with Crippen molar-refractivity contribution in [1.29, 1.82) is 0 Å². The first-order chi connectivity index (χ1) is 17.1. The zero-order chi connectivity index (χ0) is 24.3. The number of hydrogen-bond donors (Lipinski definition) is 5. The number of halogens is 1. The number of aromatic nitrogens is 1. The van der Waals surface area contributed by atoms with Gasteiger partial charge in [0.05, 0.1) is 23.9 Å². The van der Waals surface area contributed by atoms with Crippen molar-refractivity contribution in [2.75, 3.05) is 31.5 Å². The van der Waals surface area contributed by atoms with Gasteiger partial charge >= 0.3 is 0 Å². The Morgan fingerprint density at radius 3 is 2.69 bits per heavy atom. The molecule has 194 valence electrons. The van der Waals surface area contributed by atoms with E-state index in [0.29, 0.717) is 24.5 Å². The van der Waals surface area contributed by atoms with Gasteiger partial charge in [-0.15, -0.1) is 11.6 Å². The van der Waals surface area contributed by atoms with Crippen molar-refractivity contribution in [3.63, 3.8) is 0 Å². The monoisotopic (exact) mass is 505 g/mol. The van der Waals surface area contributed by atoms with Crippen LogP contribution in [0.15, 0.2) is 18.5 Å². The summed E-state index contributed by atoms with van der Waals surface area (Å²) < 4.78 is 6.33. The molecule has 4 atom stereocenters. The molecule has 6 N–H and O–H groups in total. The van der Waals surface area contributed by atoms with Gasteiger partial charge < -0.3 is 21.1 Å². The molecule has 0 radical (unpaired) electrons. The van der Waals surface area contributed by atoms with Gasteiger partial charge in [0, 0.05) is 25.4 Å². The molecule has 1 aliphatic carbocycles. The van der Waals surface area contributed by atoms with Crippen molar-refractivity contribution < 1.29 is 9.53 Å². The molecule has 3 saturated heterocycles. The second-order valence-corrected chi connectivity index (χ2v) is 11.2. The summed E-state index contributed by atoms with van der Waals surface area (Å²) in [7, 11) is 0. The summed E-state index contributed by atoms with van der Waals surface area (Å²) in [6, 6.07) is 1.84. The van der Waals surface area contributed by atoms with E-state index in [1.54, 1.807) is 12.4 Å². The molecule has 3 aliphatic heterocycles. The average molecular weight is 506 g/mol. The van der Waals surface area contributed by atoms with E-state index in [1.165, 1.54) is 19.3 Å². The number of nitrogens with zero attached hydrogens (tertiary/aromatic N) is 2. The molecule has 0 bridgehead atoms. The maximum atomic E-state index is 14.4. The van der Waals surface area contributed by atoms with Crippen LogP contribution in [0.4, 0.5) is 5.69 Å². The minimum Gasteiger partial charge on any atom is -0.488 e. The van der Waals surface area contributed by atoms with Crippen LogP contribution in [0.1, 0.15) is 57.8 Å². The molecule has 1 aromatic heterocycles. The minimum atomic E-state index is -0.837. The van der Waals surface area contributed by atoms with E-state index in [-0.39, 0.29) is 29.5 Å². The number of anilines is 1. The topological polar surface area (TPSA) is 117 Å². The third-order valence-electron chi connectivity index (χ3n) is 8.29. The number of alkyl halides is 1. The number of hydrazine groups is 1. The Morgan fingerprint density at radius 2 is 1.91 bits per heavy atom. The Kier molecular flexibility index (Phi) is 8.11. The molecule has 4 aliphatic rings. The molecule has 1 amide bonds. The summed E-state index contributed by atoms with van der Waals surface area (Å²) in [5.41, 5.74) is 10.0. The van der Waals surface area contributed by atoms with Crippen LogP contribution in [0.5, 0.6) is 5.75 Å². The lowest BCUT2D eigenvalue weighted by Gasteiger charge is -2.46. The first-order valence-corrected chi connectivity index (χ1v) is 13.8. The van der Waals surface area contributed by atoms with Gasteiger partial charge in [-0.25, -0.2) is 10.4 Å². The fourth-order valence-corrected chi connectivity index (χ4v) is 6.74. The molecule has 1 aromatic rings. The summed E-state index contributed by atoms with van der Waals surface area (Å²) in [6.45, 7) is 3.17. The van der Waals surface area contributed by atoms with E-state index in [9.17, 15) is 4.79 Å². The van der Waals surface area contributed by atoms with Crippen molar-refractivity contribution in [2.45, 2.75) is 81.6 Å². The van der Waals surface area contributed by atoms with E-state index in [0.717, 1.165) is 51.6 Å². The van der Waals surface area contributed by atoms with Crippen molar-refractivity contribution in [3.05, 3.63) is 18.5 Å². The number of fused-ring (bicyclic) bond motifs is 1. The summed E-state index contributed by atoms with van der Waals surface area (Å²) in [5.74, 6) is 0.756. The van der Waals surface area contributed by atoms with Crippen LogP contribution in [0.25, 0.3) is 0 Å². The van der Waals surface area contributed by atoms with Crippen LogP contribution in [0.3, 0.4) is 0 Å². The number of carbonyl (C=O) groups excluding carboxylic acids is 1. The summed E-state index contributed by atoms with van der Waals surface area (Å²) >= 11 is 6.47. The second-order valence-electron chi connectivity index (χ2n) is 10.5. The first-order valence-electron chi connectivity index (χ1n) is 13.4. The molecule has 0 spiro atoms. The van der Waals surface area contributed by atoms with Gasteiger partial charge in [-0.1, -0.05) is 32.1 Å². The normalized spacial score (nSPS) is 33.5. The van der Waals surface area contributed by atoms with Crippen molar-refractivity contribution in [1.82, 2.24) is 26.1 Å². The standard InChI is InChI=1S/C25H40ClN7O2/c26-18-14-30-23-25(22(27)32-33(23)16-18,17-6-4-2-1-3-5-7-17)24(34)31-20-15-29-13-10-21(20)35-19-8-11-28-12-9-19/h10,13,15,17-19,22-23,28,30,32H,1-9,11-12,14,16,27H2,(H,31,34). The van der Waals surface area contributed by atoms with E-state index < -0.39 is 11.6 Å². The SMILES string of the molecule is NC1NN2CC(Cl)CNC2C1(C(=O)Nc1cnccc1OC1CCNCC1)C1CCCCCCC1. The Labute approximate surface area is 213 Å². The second kappa shape index (κ2) is 11.3. The minimum absolute atomic E-state index is 0.0366. The van der Waals surface area contributed by atoms with Gasteiger partial charge in [0.1, 0.15) is 23.0 Å². The molecule has 1 saturated carbocycles. The highest BCUT2D eigenvalue weighted by Gasteiger charge is 2.62. The molecule has 4 heterocycles. The fraction of sp³-hybridized carbons (Fsp3) is 0.760. The lowest BCUT2D eigenvalue weighted by atomic mass is 9.65. The quantitative estimate of drug-likeness (QED) is 0.386. The Hall–Kier alpha value is -1.49. The van der Waals surface area contributed by atoms with Gasteiger partial charge in [-0.2, -0.15) is 0 Å². The van der Waals surface area contributed by atoms with E-state index in [2.05, 4.69) is 31.4 Å². The van der Waals surface area contributed by atoms with Gasteiger partial charge in [0.15, 0.2) is 0 Å². The van der Waals surface area contributed by atoms with Gasteiger partial charge in [-0.05, 0) is 44.7 Å². The maximum Gasteiger partial charge on any atom is 0.237 e. The zero-order valence-corrected chi connectivity index (χ0v) is 21.2. The number of rotatable bonds is 5. The molecule has 5 rings (SSSR count). The van der Waals surface area contributed by atoms with Crippen LogP contribution in [-0.4, -0.2) is 65.9 Å². The fourth-order valence-electron chi connectivity index (χ4n) is 6.51. The predicted octanol–water partition coefficient (Wildman–Crippen LogP) is 2.14. The third-order valence-corrected chi connectivity index (χ3v) is 8.59. The van der Waals surface area contributed by atoms with Crippen molar-refractivity contribution >= 4 is 23.2 Å². The summed E-state index contributed by atoms with van der Waals surface area (Å²) in [5, 5.41) is 12.2. The van der Waals surface area contributed by atoms with E-state index in [4.69, 9.17) is 22.1 Å². The Bertz CT molecular complexity index is 862. The number of hydrogen-bond acceptors (Lipinski definition) is 8. The highest BCUT2D eigenvalue weighted by molar-refractivity contribution is 6.21. The summed E-state index contributed by atoms with van der Waals surface area (Å²) in [4.78, 5) is 18.7. The Balaban J connectivity index is 1.44. The molecule has 4 unspecified atom stereocenters. The summed E-state index contributed by atoms with van der Waals surface area (Å²) in [6.07, 6.45) is 12.6. The molecule has 10 heteroatoms. The highest BCUT2D eigenvalue weighted by atomic mass is 35.5. The smallest absolute Gasteiger partial charge is 0.237 e. The highest BCUT2D eigenvalue weighted by Crippen LogP contribution is 2.47. The van der Waals surface area contributed by atoms with E-state index in [1.807, 2.05) is 6.07 Å². The zero-order valence-electron chi connectivity index (χ0n) is 20.5. The number of carbonyl (C=O) groups is 1. The van der Waals surface area contributed by atoms with Crippen LogP contribution in [0.2, 0.25) is 0 Å². The maximum absolute atomic E-state index is 14.4. The average Bonchev–Trinajstić information content (AvgIpc) is 3.12.